The molecule has 4 rings (SSSR count). The predicted molar refractivity (Wildman–Crippen MR) is 108 cm³/mol. The average Bonchev–Trinajstić information content (AvgIpc) is 3.20. The number of ether oxygens (including phenoxy) is 1. The molecular formula is C23H28N2O4. The van der Waals surface area contributed by atoms with Crippen LogP contribution >= 0.6 is 0 Å². The zero-order valence-corrected chi connectivity index (χ0v) is 17.1. The molecule has 0 radical (unpaired) electrons. The number of hydrogen-bond acceptors (Lipinski definition) is 4. The number of nitrogens with zero attached hydrogens (tertiary/aromatic N) is 2. The average molecular weight is 396 g/mol. The number of furan rings is 1. The van der Waals surface area contributed by atoms with Gasteiger partial charge in [-0.05, 0) is 42.4 Å². The van der Waals surface area contributed by atoms with Crippen LogP contribution in [0.15, 0.2) is 46.9 Å². The van der Waals surface area contributed by atoms with Crippen molar-refractivity contribution in [1.82, 2.24) is 9.80 Å². The van der Waals surface area contributed by atoms with Crippen molar-refractivity contribution in [2.45, 2.75) is 31.8 Å². The number of likely N-dealkylation sites (tertiary alicyclic amines) is 2. The van der Waals surface area contributed by atoms with E-state index in [1.165, 1.54) is 0 Å². The third-order valence-corrected chi connectivity index (χ3v) is 6.36. The standard InChI is InChI=1S/C23H28N2O4/c1-24-16-23(14-19(21(24)26)17-6-4-3-5-7-17)10-12-25(13-11-23)22(27)20-9-8-18(29-20)15-28-2/h3-9,19H,10-16H2,1-2H3/t19-/m0/s1. The van der Waals surface area contributed by atoms with Crippen molar-refractivity contribution in [3.63, 3.8) is 0 Å². The summed E-state index contributed by atoms with van der Waals surface area (Å²) in [5.74, 6) is 1.05. The molecule has 2 fully saturated rings. The zero-order valence-electron chi connectivity index (χ0n) is 17.1. The maximum Gasteiger partial charge on any atom is 0.289 e. The Balaban J connectivity index is 1.44. The van der Waals surface area contributed by atoms with Crippen molar-refractivity contribution in [2.24, 2.45) is 5.41 Å². The molecular weight excluding hydrogens is 368 g/mol. The second-order valence-electron chi connectivity index (χ2n) is 8.35. The molecule has 2 saturated heterocycles. The SMILES string of the molecule is COCc1ccc(C(=O)N2CCC3(CC2)C[C@@H](c2ccccc2)C(=O)N(C)C3)o1. The number of rotatable bonds is 4. The third-order valence-electron chi connectivity index (χ3n) is 6.36. The quantitative estimate of drug-likeness (QED) is 0.796. The highest BCUT2D eigenvalue weighted by Crippen LogP contribution is 2.45. The molecule has 1 spiro atoms. The van der Waals surface area contributed by atoms with E-state index in [-0.39, 0.29) is 23.1 Å². The lowest BCUT2D eigenvalue weighted by molar-refractivity contribution is -0.139. The Morgan fingerprint density at radius 2 is 1.90 bits per heavy atom. The first-order valence-electron chi connectivity index (χ1n) is 10.2. The van der Waals surface area contributed by atoms with Gasteiger partial charge in [-0.2, -0.15) is 0 Å². The fourth-order valence-corrected chi connectivity index (χ4v) is 4.79. The van der Waals surface area contributed by atoms with Gasteiger partial charge in [-0.1, -0.05) is 30.3 Å². The van der Waals surface area contributed by atoms with Crippen LogP contribution in [-0.4, -0.2) is 55.4 Å². The highest BCUT2D eigenvalue weighted by atomic mass is 16.5. The Bertz CT molecular complexity index is 868. The summed E-state index contributed by atoms with van der Waals surface area (Å²) in [6.45, 7) is 2.49. The van der Waals surface area contributed by atoms with Gasteiger partial charge in [0.1, 0.15) is 12.4 Å². The van der Waals surface area contributed by atoms with Crippen molar-refractivity contribution in [1.29, 1.82) is 0 Å². The molecule has 29 heavy (non-hydrogen) atoms. The van der Waals surface area contributed by atoms with E-state index in [1.807, 2.05) is 47.2 Å². The summed E-state index contributed by atoms with van der Waals surface area (Å²) in [5, 5.41) is 0. The summed E-state index contributed by atoms with van der Waals surface area (Å²) < 4.78 is 10.7. The van der Waals surface area contributed by atoms with Crippen LogP contribution < -0.4 is 0 Å². The van der Waals surface area contributed by atoms with Crippen LogP contribution in [0.4, 0.5) is 0 Å². The van der Waals surface area contributed by atoms with Crippen LogP contribution in [0.1, 0.15) is 47.1 Å². The van der Waals surface area contributed by atoms with Crippen molar-refractivity contribution < 1.29 is 18.7 Å². The summed E-state index contributed by atoms with van der Waals surface area (Å²) in [4.78, 5) is 29.4. The minimum atomic E-state index is -0.0983. The maximum atomic E-state index is 12.8. The zero-order chi connectivity index (χ0) is 20.4. The van der Waals surface area contributed by atoms with Crippen molar-refractivity contribution in [3.8, 4) is 0 Å². The number of carbonyl (C=O) groups is 2. The van der Waals surface area contributed by atoms with Gasteiger partial charge in [-0.25, -0.2) is 0 Å². The van der Waals surface area contributed by atoms with E-state index >= 15 is 0 Å². The van der Waals surface area contributed by atoms with Crippen LogP contribution in [0.25, 0.3) is 0 Å². The molecule has 2 aliphatic heterocycles. The minimum absolute atomic E-state index is 0.0598. The Kier molecular flexibility index (Phi) is 5.46. The molecule has 2 amide bonds. The van der Waals surface area contributed by atoms with Gasteiger partial charge in [0, 0.05) is 33.8 Å². The molecule has 3 heterocycles. The summed E-state index contributed by atoms with van der Waals surface area (Å²) in [7, 11) is 3.50. The second-order valence-corrected chi connectivity index (χ2v) is 8.35. The van der Waals surface area contributed by atoms with E-state index < -0.39 is 0 Å². The van der Waals surface area contributed by atoms with Gasteiger partial charge in [-0.15, -0.1) is 0 Å². The molecule has 1 atom stereocenters. The molecule has 0 bridgehead atoms. The van der Waals surface area contributed by atoms with E-state index in [0.717, 1.165) is 31.4 Å². The molecule has 0 unspecified atom stereocenters. The van der Waals surface area contributed by atoms with Gasteiger partial charge in [-0.3, -0.25) is 9.59 Å². The smallest absolute Gasteiger partial charge is 0.289 e. The number of likely N-dealkylation sites (N-methyl/N-ethyl adjacent to an activating group) is 1. The highest BCUT2D eigenvalue weighted by Gasteiger charge is 2.45. The van der Waals surface area contributed by atoms with Gasteiger partial charge in [0.25, 0.3) is 5.91 Å². The van der Waals surface area contributed by atoms with E-state index in [2.05, 4.69) is 0 Å². The lowest BCUT2D eigenvalue weighted by atomic mass is 9.67. The van der Waals surface area contributed by atoms with Crippen molar-refractivity contribution in [3.05, 3.63) is 59.5 Å². The van der Waals surface area contributed by atoms with Crippen LogP contribution in [0.2, 0.25) is 0 Å². The first-order valence-corrected chi connectivity index (χ1v) is 10.2. The molecule has 2 aromatic rings. The lowest BCUT2D eigenvalue weighted by Crippen LogP contribution is -2.53. The molecule has 1 aromatic carbocycles. The molecule has 2 aliphatic rings. The van der Waals surface area contributed by atoms with Gasteiger partial charge in [0.05, 0.1) is 5.92 Å². The van der Waals surface area contributed by atoms with Crippen molar-refractivity contribution >= 4 is 11.8 Å². The number of carbonyl (C=O) groups excluding carboxylic acids is 2. The molecule has 0 aliphatic carbocycles. The van der Waals surface area contributed by atoms with Crippen LogP contribution in [0.5, 0.6) is 0 Å². The molecule has 0 saturated carbocycles. The second kappa shape index (κ2) is 8.03. The highest BCUT2D eigenvalue weighted by molar-refractivity contribution is 5.91. The third kappa shape index (κ3) is 3.94. The number of piperidine rings is 2. The van der Waals surface area contributed by atoms with Gasteiger partial charge < -0.3 is 19.0 Å². The van der Waals surface area contributed by atoms with E-state index in [4.69, 9.17) is 9.15 Å². The van der Waals surface area contributed by atoms with E-state index in [9.17, 15) is 9.59 Å². The maximum absolute atomic E-state index is 12.8. The van der Waals surface area contributed by atoms with Crippen LogP contribution in [0, 0.1) is 5.41 Å². The molecule has 1 aromatic heterocycles. The molecule has 6 heteroatoms. The topological polar surface area (TPSA) is 63.0 Å². The normalized spacial score (nSPS) is 21.6. The minimum Gasteiger partial charge on any atom is -0.453 e. The predicted octanol–water partition coefficient (Wildman–Crippen LogP) is 3.29. The van der Waals surface area contributed by atoms with E-state index in [0.29, 0.717) is 31.2 Å². The fourth-order valence-electron chi connectivity index (χ4n) is 4.79. The first-order chi connectivity index (χ1) is 14.0. The largest absolute Gasteiger partial charge is 0.453 e. The Morgan fingerprint density at radius 3 is 2.59 bits per heavy atom. The van der Waals surface area contributed by atoms with Gasteiger partial charge >= 0.3 is 0 Å². The number of benzene rings is 1. The number of hydrogen-bond donors (Lipinski definition) is 0. The summed E-state index contributed by atoms with van der Waals surface area (Å²) in [5.41, 5.74) is 1.15. The fraction of sp³-hybridized carbons (Fsp3) is 0.478. The Morgan fingerprint density at radius 1 is 1.17 bits per heavy atom. The van der Waals surface area contributed by atoms with E-state index in [1.54, 1.807) is 19.2 Å². The lowest BCUT2D eigenvalue weighted by Gasteiger charge is -2.49. The number of amides is 2. The first kappa shape index (κ1) is 19.7. The molecule has 0 N–H and O–H groups in total. The van der Waals surface area contributed by atoms with Gasteiger partial charge in [0.2, 0.25) is 5.91 Å². The summed E-state index contributed by atoms with van der Waals surface area (Å²) in [6.07, 6.45) is 2.64. The Labute approximate surface area is 171 Å². The van der Waals surface area contributed by atoms with Gasteiger partial charge in [0.15, 0.2) is 5.76 Å². The monoisotopic (exact) mass is 396 g/mol. The summed E-state index contributed by atoms with van der Waals surface area (Å²) >= 11 is 0. The summed E-state index contributed by atoms with van der Waals surface area (Å²) in [6, 6.07) is 13.6. The number of methoxy groups -OCH3 is 1. The van der Waals surface area contributed by atoms with Crippen molar-refractivity contribution in [2.75, 3.05) is 33.8 Å². The Hall–Kier alpha value is -2.60. The van der Waals surface area contributed by atoms with Crippen LogP contribution in [0.3, 0.4) is 0 Å². The molecule has 154 valence electrons. The molecule has 6 nitrogen and oxygen atoms in total. The van der Waals surface area contributed by atoms with Crippen LogP contribution in [-0.2, 0) is 16.1 Å².